The number of hydrogen-bond acceptors (Lipinski definition) is 1. The first-order chi connectivity index (χ1) is 7.92. The fourth-order valence-electron chi connectivity index (χ4n) is 1.48. The molecule has 0 saturated heterocycles. The van der Waals surface area contributed by atoms with Crippen LogP contribution in [-0.2, 0) is 11.3 Å². The van der Waals surface area contributed by atoms with Crippen LogP contribution in [0, 0.1) is 0 Å². The van der Waals surface area contributed by atoms with Gasteiger partial charge in [0.05, 0.1) is 0 Å². The molecule has 0 N–H and O–H groups in total. The number of rotatable bonds is 4. The molecular weight excluding hydrogens is 231 g/mol. The summed E-state index contributed by atoms with van der Waals surface area (Å²) in [5.74, 6) is -0.494. The van der Waals surface area contributed by atoms with Gasteiger partial charge in [0, 0.05) is 13.0 Å². The van der Waals surface area contributed by atoms with Crippen LogP contribution in [0.1, 0.15) is 18.9 Å². The Morgan fingerprint density at radius 1 is 1.24 bits per heavy atom. The molecule has 1 rings (SSSR count). The number of carbonyl (C=O) groups excluding carboxylic acids is 1. The minimum Gasteiger partial charge on any atom is -0.329 e. The molecule has 0 aliphatic carbocycles. The Labute approximate surface area is 98.0 Å². The van der Waals surface area contributed by atoms with Crippen molar-refractivity contribution in [1.82, 2.24) is 4.90 Å². The number of nitrogens with zero attached hydrogens (tertiary/aromatic N) is 1. The summed E-state index contributed by atoms with van der Waals surface area (Å²) < 4.78 is 36.9. The maximum atomic E-state index is 12.3. The Bertz CT molecular complexity index is 362. The van der Waals surface area contributed by atoms with Crippen molar-refractivity contribution in [3.8, 4) is 0 Å². The van der Waals surface area contributed by atoms with Crippen molar-refractivity contribution >= 4 is 5.91 Å². The molecule has 94 valence electrons. The van der Waals surface area contributed by atoms with Gasteiger partial charge in [-0.2, -0.15) is 13.2 Å². The predicted octanol–water partition coefficient (Wildman–Crippen LogP) is 2.99. The van der Waals surface area contributed by atoms with E-state index in [2.05, 4.69) is 0 Å². The maximum Gasteiger partial charge on any atom is 0.406 e. The lowest BCUT2D eigenvalue weighted by Crippen LogP contribution is -2.38. The van der Waals surface area contributed by atoms with Crippen LogP contribution in [0.3, 0.4) is 0 Å². The standard InChI is InChI=1S/C12H14F3NO/c1-2-11(17)16(9-12(13,14)15)8-10-6-4-3-5-7-10/h3-7H,2,8-9H2,1H3. The largest absolute Gasteiger partial charge is 0.406 e. The summed E-state index contributed by atoms with van der Waals surface area (Å²) in [5.41, 5.74) is 0.693. The Morgan fingerprint density at radius 3 is 2.29 bits per heavy atom. The van der Waals surface area contributed by atoms with Crippen LogP contribution in [0.4, 0.5) is 13.2 Å². The minimum absolute atomic E-state index is 0.00692. The third-order valence-electron chi connectivity index (χ3n) is 2.24. The van der Waals surface area contributed by atoms with E-state index in [-0.39, 0.29) is 13.0 Å². The molecule has 1 aromatic rings. The third kappa shape index (κ3) is 4.89. The van der Waals surface area contributed by atoms with Gasteiger partial charge < -0.3 is 4.90 Å². The summed E-state index contributed by atoms with van der Waals surface area (Å²) in [6.45, 7) is 0.346. The average molecular weight is 245 g/mol. The number of amides is 1. The van der Waals surface area contributed by atoms with Crippen molar-refractivity contribution in [1.29, 1.82) is 0 Å². The summed E-state index contributed by atoms with van der Waals surface area (Å²) in [4.78, 5) is 12.2. The molecule has 0 aliphatic heterocycles. The molecule has 0 bridgehead atoms. The van der Waals surface area contributed by atoms with Crippen LogP contribution in [0.2, 0.25) is 0 Å². The molecule has 0 heterocycles. The highest BCUT2D eigenvalue weighted by Gasteiger charge is 2.32. The molecule has 0 radical (unpaired) electrons. The summed E-state index contributed by atoms with van der Waals surface area (Å²) in [7, 11) is 0. The fourth-order valence-corrected chi connectivity index (χ4v) is 1.48. The van der Waals surface area contributed by atoms with E-state index in [0.717, 1.165) is 4.90 Å². The van der Waals surface area contributed by atoms with Crippen LogP contribution in [0.5, 0.6) is 0 Å². The zero-order valence-electron chi connectivity index (χ0n) is 9.50. The van der Waals surface area contributed by atoms with Gasteiger partial charge >= 0.3 is 6.18 Å². The Kier molecular flexibility index (Phi) is 4.54. The van der Waals surface area contributed by atoms with E-state index < -0.39 is 18.6 Å². The molecule has 0 aromatic heterocycles. The van der Waals surface area contributed by atoms with Crippen LogP contribution in [0.25, 0.3) is 0 Å². The molecule has 0 aliphatic rings. The second-order valence-corrected chi connectivity index (χ2v) is 3.70. The van der Waals surface area contributed by atoms with Crippen LogP contribution < -0.4 is 0 Å². The van der Waals surface area contributed by atoms with Gasteiger partial charge in [-0.3, -0.25) is 4.79 Å². The SMILES string of the molecule is CCC(=O)N(Cc1ccccc1)CC(F)(F)F. The molecular formula is C12H14F3NO. The maximum absolute atomic E-state index is 12.3. The van der Waals surface area contributed by atoms with Gasteiger partial charge in [-0.25, -0.2) is 0 Å². The monoisotopic (exact) mass is 245 g/mol. The Hall–Kier alpha value is -1.52. The van der Waals surface area contributed by atoms with Crippen molar-refractivity contribution in [2.75, 3.05) is 6.54 Å². The Morgan fingerprint density at radius 2 is 1.82 bits per heavy atom. The second-order valence-electron chi connectivity index (χ2n) is 3.70. The topological polar surface area (TPSA) is 20.3 Å². The number of carbonyl (C=O) groups is 1. The van der Waals surface area contributed by atoms with E-state index in [4.69, 9.17) is 0 Å². The van der Waals surface area contributed by atoms with Gasteiger partial charge in [0.2, 0.25) is 5.91 Å². The predicted molar refractivity (Wildman–Crippen MR) is 58.2 cm³/mol. The molecule has 2 nitrogen and oxygen atoms in total. The zero-order chi connectivity index (χ0) is 12.9. The molecule has 1 aromatic carbocycles. The first kappa shape index (κ1) is 13.5. The molecule has 0 atom stereocenters. The minimum atomic E-state index is -4.36. The molecule has 5 heteroatoms. The van der Waals surface area contributed by atoms with E-state index in [9.17, 15) is 18.0 Å². The van der Waals surface area contributed by atoms with Crippen LogP contribution in [0.15, 0.2) is 30.3 Å². The lowest BCUT2D eigenvalue weighted by molar-refractivity contribution is -0.162. The van der Waals surface area contributed by atoms with Gasteiger partial charge in [-0.1, -0.05) is 37.3 Å². The zero-order valence-corrected chi connectivity index (χ0v) is 9.50. The van der Waals surface area contributed by atoms with Crippen molar-refractivity contribution < 1.29 is 18.0 Å². The lowest BCUT2D eigenvalue weighted by Gasteiger charge is -2.23. The average Bonchev–Trinajstić information content (AvgIpc) is 2.27. The number of alkyl halides is 3. The highest BCUT2D eigenvalue weighted by molar-refractivity contribution is 5.75. The smallest absolute Gasteiger partial charge is 0.329 e. The number of hydrogen-bond donors (Lipinski definition) is 0. The van der Waals surface area contributed by atoms with Crippen molar-refractivity contribution in [3.63, 3.8) is 0 Å². The van der Waals surface area contributed by atoms with E-state index >= 15 is 0 Å². The molecule has 17 heavy (non-hydrogen) atoms. The highest BCUT2D eigenvalue weighted by Crippen LogP contribution is 2.18. The van der Waals surface area contributed by atoms with Crippen molar-refractivity contribution in [2.24, 2.45) is 0 Å². The van der Waals surface area contributed by atoms with Crippen LogP contribution in [-0.4, -0.2) is 23.5 Å². The fraction of sp³-hybridized carbons (Fsp3) is 0.417. The molecule has 0 saturated carbocycles. The van der Waals surface area contributed by atoms with Crippen LogP contribution >= 0.6 is 0 Å². The second kappa shape index (κ2) is 5.70. The summed E-state index contributed by atoms with van der Waals surface area (Å²) in [6.07, 6.45) is -4.29. The summed E-state index contributed by atoms with van der Waals surface area (Å²) in [5, 5.41) is 0. The summed E-state index contributed by atoms with van der Waals surface area (Å²) in [6, 6.07) is 8.65. The third-order valence-corrected chi connectivity index (χ3v) is 2.24. The summed E-state index contributed by atoms with van der Waals surface area (Å²) >= 11 is 0. The molecule has 1 amide bonds. The van der Waals surface area contributed by atoms with Gasteiger partial charge in [0.25, 0.3) is 0 Å². The lowest BCUT2D eigenvalue weighted by atomic mass is 10.2. The first-order valence-electron chi connectivity index (χ1n) is 5.31. The quantitative estimate of drug-likeness (QED) is 0.798. The van der Waals surface area contributed by atoms with Gasteiger partial charge in [-0.15, -0.1) is 0 Å². The molecule has 0 fully saturated rings. The van der Waals surface area contributed by atoms with E-state index in [0.29, 0.717) is 5.56 Å². The Balaban J connectivity index is 2.74. The molecule has 0 unspecified atom stereocenters. The highest BCUT2D eigenvalue weighted by atomic mass is 19.4. The van der Waals surface area contributed by atoms with Crippen molar-refractivity contribution in [3.05, 3.63) is 35.9 Å². The van der Waals surface area contributed by atoms with E-state index in [1.165, 1.54) is 0 Å². The van der Waals surface area contributed by atoms with Gasteiger partial charge in [-0.05, 0) is 5.56 Å². The van der Waals surface area contributed by atoms with Gasteiger partial charge in [0.15, 0.2) is 0 Å². The number of halogens is 3. The first-order valence-corrected chi connectivity index (χ1v) is 5.31. The van der Waals surface area contributed by atoms with Crippen molar-refractivity contribution in [2.45, 2.75) is 26.1 Å². The van der Waals surface area contributed by atoms with Gasteiger partial charge in [0.1, 0.15) is 6.54 Å². The van der Waals surface area contributed by atoms with E-state index in [1.54, 1.807) is 37.3 Å². The van der Waals surface area contributed by atoms with E-state index in [1.807, 2.05) is 0 Å². The molecule has 0 spiro atoms. The number of benzene rings is 1. The normalized spacial score (nSPS) is 11.3.